The molecule has 44 heavy (non-hydrogen) atoms. The van der Waals surface area contributed by atoms with E-state index in [1.54, 1.807) is 9.80 Å². The van der Waals surface area contributed by atoms with Gasteiger partial charge in [0.25, 0.3) is 0 Å². The zero-order valence-electron chi connectivity index (χ0n) is 26.5. The van der Waals surface area contributed by atoms with Crippen LogP contribution in [0.25, 0.3) is 10.9 Å². The second kappa shape index (κ2) is 12.3. The zero-order valence-corrected chi connectivity index (χ0v) is 26.5. The Morgan fingerprint density at radius 1 is 1.05 bits per heavy atom. The molecule has 4 amide bonds. The van der Waals surface area contributed by atoms with Crippen molar-refractivity contribution in [2.24, 2.45) is 7.05 Å². The highest BCUT2D eigenvalue weighted by atomic mass is 16.2. The smallest absolute Gasteiger partial charge is 0.318 e. The average molecular weight is 599 g/mol. The van der Waals surface area contributed by atoms with Crippen LogP contribution >= 0.6 is 0 Å². The van der Waals surface area contributed by atoms with Crippen LogP contribution in [0.4, 0.5) is 4.79 Å². The van der Waals surface area contributed by atoms with Gasteiger partial charge in [-0.3, -0.25) is 9.59 Å². The van der Waals surface area contributed by atoms with Gasteiger partial charge in [0.15, 0.2) is 0 Å². The number of rotatable bonds is 6. The molecule has 2 saturated heterocycles. The number of likely N-dealkylation sites (tertiary alicyclic amines) is 1. The Morgan fingerprint density at radius 2 is 1.77 bits per heavy atom. The average Bonchev–Trinajstić information content (AvgIpc) is 3.54. The van der Waals surface area contributed by atoms with Gasteiger partial charge < -0.3 is 29.9 Å². The number of para-hydroxylation sites is 1. The fourth-order valence-electron chi connectivity index (χ4n) is 7.86. The van der Waals surface area contributed by atoms with E-state index in [9.17, 15) is 14.4 Å². The molecule has 6 rings (SSSR count). The first kappa shape index (κ1) is 30.2. The summed E-state index contributed by atoms with van der Waals surface area (Å²) in [5.41, 5.74) is 4.42. The van der Waals surface area contributed by atoms with E-state index in [1.807, 2.05) is 51.3 Å². The Hall–Kier alpha value is -3.85. The van der Waals surface area contributed by atoms with Gasteiger partial charge in [0.1, 0.15) is 6.04 Å². The third-order valence-electron chi connectivity index (χ3n) is 10.4. The van der Waals surface area contributed by atoms with Crippen LogP contribution in [0.1, 0.15) is 54.7 Å². The lowest BCUT2D eigenvalue weighted by molar-refractivity contribution is -0.135. The molecule has 0 saturated carbocycles. The molecule has 2 N–H and O–H groups in total. The van der Waals surface area contributed by atoms with Crippen LogP contribution in [0, 0.1) is 0 Å². The molecule has 3 aromatic rings. The summed E-state index contributed by atoms with van der Waals surface area (Å²) < 4.78 is 2.08. The van der Waals surface area contributed by atoms with E-state index in [2.05, 4.69) is 51.7 Å². The number of hydrogen-bond donors (Lipinski definition) is 2. The number of aryl methyl sites for hydroxylation is 1. The van der Waals surface area contributed by atoms with Gasteiger partial charge in [-0.2, -0.15) is 0 Å². The Bertz CT molecular complexity index is 1530. The molecule has 1 aliphatic carbocycles. The van der Waals surface area contributed by atoms with Crippen molar-refractivity contribution < 1.29 is 14.4 Å². The first-order chi connectivity index (χ1) is 21.2. The Kier molecular flexibility index (Phi) is 8.42. The largest absolute Gasteiger partial charge is 0.350 e. The number of carbonyl (C=O) groups is 3. The maximum absolute atomic E-state index is 14.3. The minimum atomic E-state index is -0.680. The van der Waals surface area contributed by atoms with Crippen molar-refractivity contribution in [1.82, 2.24) is 29.9 Å². The van der Waals surface area contributed by atoms with Gasteiger partial charge in [0.2, 0.25) is 11.8 Å². The third kappa shape index (κ3) is 5.58. The molecular formula is C35H46N6O3. The molecule has 0 bridgehead atoms. The predicted octanol–water partition coefficient (Wildman–Crippen LogP) is 3.62. The van der Waals surface area contributed by atoms with Crippen LogP contribution < -0.4 is 10.6 Å². The molecule has 3 atom stereocenters. The van der Waals surface area contributed by atoms with Crippen LogP contribution in [-0.2, 0) is 28.5 Å². The van der Waals surface area contributed by atoms with E-state index < -0.39 is 6.04 Å². The Morgan fingerprint density at radius 3 is 2.50 bits per heavy atom. The number of urea groups is 1. The van der Waals surface area contributed by atoms with Crippen LogP contribution in [0.5, 0.6) is 0 Å². The van der Waals surface area contributed by atoms with Crippen molar-refractivity contribution in [2.75, 3.05) is 47.3 Å². The van der Waals surface area contributed by atoms with Gasteiger partial charge in [0, 0.05) is 82.8 Å². The highest BCUT2D eigenvalue weighted by molar-refractivity contribution is 5.90. The lowest BCUT2D eigenvalue weighted by Gasteiger charge is -2.41. The van der Waals surface area contributed by atoms with Gasteiger partial charge in [0.05, 0.1) is 5.92 Å². The van der Waals surface area contributed by atoms with Crippen molar-refractivity contribution in [3.8, 4) is 0 Å². The van der Waals surface area contributed by atoms with Gasteiger partial charge in [-0.05, 0) is 61.4 Å². The fraction of sp³-hybridized carbons (Fsp3) is 0.514. The minimum absolute atomic E-state index is 0.0384. The molecule has 3 aliphatic rings. The molecule has 1 unspecified atom stereocenters. The van der Waals surface area contributed by atoms with Crippen molar-refractivity contribution >= 4 is 28.7 Å². The number of aromatic nitrogens is 1. The first-order valence-electron chi connectivity index (χ1n) is 16.0. The monoisotopic (exact) mass is 598 g/mol. The van der Waals surface area contributed by atoms with Crippen molar-refractivity contribution in [1.29, 1.82) is 0 Å². The number of nitrogens with one attached hydrogen (secondary N) is 2. The van der Waals surface area contributed by atoms with Crippen LogP contribution in [0.15, 0.2) is 54.7 Å². The normalized spacial score (nSPS) is 21.6. The van der Waals surface area contributed by atoms with E-state index in [0.717, 1.165) is 67.2 Å². The molecule has 9 heteroatoms. The number of likely N-dealkylation sites (N-methyl/N-ethyl adjacent to an activating group) is 2. The summed E-state index contributed by atoms with van der Waals surface area (Å²) in [7, 11) is 7.50. The Balaban J connectivity index is 1.22. The summed E-state index contributed by atoms with van der Waals surface area (Å²) in [5.74, 6) is -0.0434. The number of benzene rings is 2. The molecule has 3 heterocycles. The number of fused-ring (bicyclic) bond motifs is 3. The SMILES string of the molecule is CN(C)C(=O)[C@@H]1CC2(CCN(C(=O)C(Cc3cn(C)c4ccccc34)NC(=O)N(C)[C@@H]3CCCNC3)CC2)c2ccccc21. The maximum atomic E-state index is 14.3. The molecule has 1 aromatic heterocycles. The van der Waals surface area contributed by atoms with E-state index in [-0.39, 0.29) is 35.2 Å². The Labute approximate surface area is 260 Å². The summed E-state index contributed by atoms with van der Waals surface area (Å²) in [4.78, 5) is 46.4. The van der Waals surface area contributed by atoms with Gasteiger partial charge >= 0.3 is 6.03 Å². The number of amides is 4. The van der Waals surface area contributed by atoms with E-state index in [1.165, 1.54) is 5.56 Å². The second-order valence-corrected chi connectivity index (χ2v) is 13.3. The van der Waals surface area contributed by atoms with Gasteiger partial charge in [-0.25, -0.2) is 4.79 Å². The summed E-state index contributed by atoms with van der Waals surface area (Å²) >= 11 is 0. The number of piperidine rings is 2. The standard InChI is InChI=1S/C35H46N6O3/c1-38(2)32(42)28-21-35(29-13-7-5-12-27(28)29)15-18-41(19-16-35)33(43)30(37-34(44)40(4)25-10-9-17-36-22-25)20-24-23-39(3)31-14-8-6-11-26(24)31/h5-8,11-14,23,25,28,30,36H,9-10,15-22H2,1-4H3,(H,37,44)/t25-,28-,30?/m1/s1. The van der Waals surface area contributed by atoms with E-state index >= 15 is 0 Å². The van der Waals surface area contributed by atoms with Crippen LogP contribution in [0.2, 0.25) is 0 Å². The molecule has 2 aromatic carbocycles. The molecule has 1 spiro atoms. The molecule has 9 nitrogen and oxygen atoms in total. The van der Waals surface area contributed by atoms with E-state index in [4.69, 9.17) is 0 Å². The summed E-state index contributed by atoms with van der Waals surface area (Å²) in [5, 5.41) is 7.64. The summed E-state index contributed by atoms with van der Waals surface area (Å²) in [6.45, 7) is 2.93. The second-order valence-electron chi connectivity index (χ2n) is 13.3. The van der Waals surface area contributed by atoms with Crippen molar-refractivity contribution in [3.63, 3.8) is 0 Å². The first-order valence-corrected chi connectivity index (χ1v) is 16.0. The van der Waals surface area contributed by atoms with Gasteiger partial charge in [-0.1, -0.05) is 42.5 Å². The van der Waals surface area contributed by atoms with Gasteiger partial charge in [-0.15, -0.1) is 0 Å². The van der Waals surface area contributed by atoms with Crippen LogP contribution in [0.3, 0.4) is 0 Å². The highest BCUT2D eigenvalue weighted by Crippen LogP contribution is 2.52. The summed E-state index contributed by atoms with van der Waals surface area (Å²) in [6, 6.07) is 15.8. The number of nitrogens with zero attached hydrogens (tertiary/aromatic N) is 4. The fourth-order valence-corrected chi connectivity index (χ4v) is 7.86. The highest BCUT2D eigenvalue weighted by Gasteiger charge is 2.48. The number of carbonyl (C=O) groups excluding carboxylic acids is 3. The quantitative estimate of drug-likeness (QED) is 0.454. The van der Waals surface area contributed by atoms with Crippen molar-refractivity contribution in [3.05, 3.63) is 71.4 Å². The molecular weight excluding hydrogens is 552 g/mol. The lowest BCUT2D eigenvalue weighted by Crippen LogP contribution is -2.57. The zero-order chi connectivity index (χ0) is 31.0. The molecule has 0 radical (unpaired) electrons. The summed E-state index contributed by atoms with van der Waals surface area (Å²) in [6.07, 6.45) is 6.86. The minimum Gasteiger partial charge on any atom is -0.350 e. The molecule has 234 valence electrons. The third-order valence-corrected chi connectivity index (χ3v) is 10.4. The topological polar surface area (TPSA) is 89.9 Å². The van der Waals surface area contributed by atoms with Crippen molar-refractivity contribution in [2.45, 2.75) is 61.9 Å². The molecule has 2 aliphatic heterocycles. The predicted molar refractivity (Wildman–Crippen MR) is 173 cm³/mol. The lowest BCUT2D eigenvalue weighted by atomic mass is 9.73. The molecule has 2 fully saturated rings. The number of hydrogen-bond acceptors (Lipinski definition) is 4. The maximum Gasteiger partial charge on any atom is 0.318 e. The van der Waals surface area contributed by atoms with E-state index in [0.29, 0.717) is 19.5 Å². The van der Waals surface area contributed by atoms with Crippen LogP contribution in [-0.4, -0.2) is 96.5 Å².